The van der Waals surface area contributed by atoms with E-state index in [0.29, 0.717) is 5.78 Å². The van der Waals surface area contributed by atoms with E-state index in [9.17, 15) is 0 Å². The maximum Gasteiger partial charge on any atom is 0.254 e. The predicted molar refractivity (Wildman–Crippen MR) is 55.7 cm³/mol. The predicted octanol–water partition coefficient (Wildman–Crippen LogP) is -0.420. The molecule has 0 saturated carbocycles. The van der Waals surface area contributed by atoms with E-state index in [1.165, 1.54) is 6.33 Å². The highest BCUT2D eigenvalue weighted by atomic mass is 15.4. The number of aryl methyl sites for hydroxylation is 1. The van der Waals surface area contributed by atoms with Crippen molar-refractivity contribution in [1.29, 1.82) is 0 Å². The van der Waals surface area contributed by atoms with Crippen LogP contribution in [0.25, 0.3) is 5.78 Å². The van der Waals surface area contributed by atoms with Gasteiger partial charge < -0.3 is 10.6 Å². The number of hydrogen-bond donors (Lipinski definition) is 1. The molecule has 3 rings (SSSR count). The average Bonchev–Trinajstić information content (AvgIpc) is 2.59. The summed E-state index contributed by atoms with van der Waals surface area (Å²) in [5.41, 5.74) is 6.71. The summed E-state index contributed by atoms with van der Waals surface area (Å²) < 4.78 is 1.75. The zero-order chi connectivity index (χ0) is 10.4. The van der Waals surface area contributed by atoms with E-state index in [1.54, 1.807) is 4.52 Å². The van der Waals surface area contributed by atoms with Gasteiger partial charge in [-0.1, -0.05) is 0 Å². The highest BCUT2D eigenvalue weighted by molar-refractivity contribution is 5.49. The molecule has 78 valence electrons. The number of fused-ring (bicyclic) bond motifs is 1. The van der Waals surface area contributed by atoms with Crippen molar-refractivity contribution in [2.45, 2.75) is 13.0 Å². The van der Waals surface area contributed by atoms with Crippen molar-refractivity contribution in [3.8, 4) is 0 Å². The molecule has 1 fully saturated rings. The van der Waals surface area contributed by atoms with Crippen LogP contribution in [-0.2, 0) is 0 Å². The van der Waals surface area contributed by atoms with Crippen LogP contribution in [0.4, 0.5) is 5.82 Å². The van der Waals surface area contributed by atoms with Gasteiger partial charge in [-0.25, -0.2) is 4.98 Å². The Labute approximate surface area is 86.7 Å². The van der Waals surface area contributed by atoms with Crippen LogP contribution < -0.4 is 10.6 Å². The molecule has 0 aliphatic carbocycles. The van der Waals surface area contributed by atoms with E-state index in [2.05, 4.69) is 20.0 Å². The number of hydrogen-bond acceptors (Lipinski definition) is 5. The van der Waals surface area contributed by atoms with Gasteiger partial charge in [0.25, 0.3) is 5.78 Å². The molecule has 0 spiro atoms. The Morgan fingerprint density at radius 1 is 1.47 bits per heavy atom. The molecule has 6 nitrogen and oxygen atoms in total. The molecule has 0 aromatic carbocycles. The van der Waals surface area contributed by atoms with Gasteiger partial charge in [-0.15, -0.1) is 0 Å². The zero-order valence-corrected chi connectivity index (χ0v) is 8.46. The van der Waals surface area contributed by atoms with E-state index in [0.717, 1.165) is 24.6 Å². The molecule has 15 heavy (non-hydrogen) atoms. The first-order chi connectivity index (χ1) is 7.24. The van der Waals surface area contributed by atoms with Gasteiger partial charge in [0.2, 0.25) is 0 Å². The van der Waals surface area contributed by atoms with Crippen molar-refractivity contribution in [2.24, 2.45) is 5.73 Å². The fraction of sp³-hybridized carbons (Fsp3) is 0.444. The fourth-order valence-corrected chi connectivity index (χ4v) is 1.84. The topological polar surface area (TPSA) is 72.3 Å². The molecule has 0 atom stereocenters. The lowest BCUT2D eigenvalue weighted by Crippen LogP contribution is -2.56. The minimum absolute atomic E-state index is 0.275. The third-order valence-electron chi connectivity index (χ3n) is 2.59. The maximum atomic E-state index is 5.76. The molecule has 2 aromatic heterocycles. The van der Waals surface area contributed by atoms with Gasteiger partial charge in [0.05, 0.1) is 0 Å². The largest absolute Gasteiger partial charge is 0.353 e. The van der Waals surface area contributed by atoms with Gasteiger partial charge in [-0.2, -0.15) is 14.6 Å². The number of nitrogens with two attached hydrogens (primary N) is 1. The summed E-state index contributed by atoms with van der Waals surface area (Å²) in [6.45, 7) is 3.70. The second-order valence-electron chi connectivity index (χ2n) is 3.89. The summed E-state index contributed by atoms with van der Waals surface area (Å²) in [4.78, 5) is 10.6. The number of nitrogens with zero attached hydrogens (tertiary/aromatic N) is 5. The molecule has 0 amide bonds. The Morgan fingerprint density at radius 3 is 3.00 bits per heavy atom. The molecule has 0 unspecified atom stereocenters. The maximum absolute atomic E-state index is 5.76. The second-order valence-corrected chi connectivity index (χ2v) is 3.89. The Morgan fingerprint density at radius 2 is 2.27 bits per heavy atom. The molecule has 0 bridgehead atoms. The Balaban J connectivity index is 2.12. The molecule has 1 saturated heterocycles. The quantitative estimate of drug-likeness (QED) is 0.683. The monoisotopic (exact) mass is 204 g/mol. The SMILES string of the molecule is Cc1cc(N2CC(N)C2)n2ncnc2n1. The van der Waals surface area contributed by atoms with Crippen LogP contribution in [0.15, 0.2) is 12.4 Å². The minimum Gasteiger partial charge on any atom is -0.353 e. The molecular weight excluding hydrogens is 192 g/mol. The van der Waals surface area contributed by atoms with E-state index in [4.69, 9.17) is 5.73 Å². The van der Waals surface area contributed by atoms with Gasteiger partial charge in [-0.3, -0.25) is 0 Å². The summed E-state index contributed by atoms with van der Waals surface area (Å²) in [6, 6.07) is 2.28. The van der Waals surface area contributed by atoms with E-state index in [1.807, 2.05) is 13.0 Å². The van der Waals surface area contributed by atoms with E-state index >= 15 is 0 Å². The summed E-state index contributed by atoms with van der Waals surface area (Å²) in [5.74, 6) is 1.67. The smallest absolute Gasteiger partial charge is 0.254 e. The average molecular weight is 204 g/mol. The Hall–Kier alpha value is -1.69. The summed E-state index contributed by atoms with van der Waals surface area (Å²) in [7, 11) is 0. The van der Waals surface area contributed by atoms with Crippen LogP contribution in [0.5, 0.6) is 0 Å². The van der Waals surface area contributed by atoms with Gasteiger partial charge in [0, 0.05) is 30.9 Å². The van der Waals surface area contributed by atoms with E-state index < -0.39 is 0 Å². The summed E-state index contributed by atoms with van der Waals surface area (Å²) >= 11 is 0. The lowest BCUT2D eigenvalue weighted by Gasteiger charge is -2.38. The van der Waals surface area contributed by atoms with Crippen LogP contribution in [-0.4, -0.2) is 38.7 Å². The second kappa shape index (κ2) is 2.90. The van der Waals surface area contributed by atoms with Crippen LogP contribution in [0.1, 0.15) is 5.69 Å². The molecule has 1 aliphatic heterocycles. The molecule has 2 N–H and O–H groups in total. The van der Waals surface area contributed by atoms with Gasteiger partial charge in [0.15, 0.2) is 0 Å². The molecule has 6 heteroatoms. The summed E-state index contributed by atoms with van der Waals surface area (Å²) in [6.07, 6.45) is 1.52. The van der Waals surface area contributed by atoms with Crippen molar-refractivity contribution in [2.75, 3.05) is 18.0 Å². The van der Waals surface area contributed by atoms with Crippen molar-refractivity contribution in [1.82, 2.24) is 19.6 Å². The lowest BCUT2D eigenvalue weighted by molar-refractivity contribution is 0.509. The van der Waals surface area contributed by atoms with Gasteiger partial charge in [0.1, 0.15) is 12.1 Å². The van der Waals surface area contributed by atoms with Crippen molar-refractivity contribution >= 4 is 11.6 Å². The Kier molecular flexibility index (Phi) is 1.66. The third-order valence-corrected chi connectivity index (χ3v) is 2.59. The van der Waals surface area contributed by atoms with Crippen LogP contribution in [0.3, 0.4) is 0 Å². The zero-order valence-electron chi connectivity index (χ0n) is 8.46. The minimum atomic E-state index is 0.275. The van der Waals surface area contributed by atoms with E-state index in [-0.39, 0.29) is 6.04 Å². The normalized spacial score (nSPS) is 17.1. The van der Waals surface area contributed by atoms with Crippen molar-refractivity contribution in [3.05, 3.63) is 18.1 Å². The number of aromatic nitrogens is 4. The van der Waals surface area contributed by atoms with Crippen molar-refractivity contribution in [3.63, 3.8) is 0 Å². The molecule has 2 aromatic rings. The molecule has 1 aliphatic rings. The van der Waals surface area contributed by atoms with Crippen LogP contribution >= 0.6 is 0 Å². The van der Waals surface area contributed by atoms with Crippen molar-refractivity contribution < 1.29 is 0 Å². The highest BCUT2D eigenvalue weighted by Gasteiger charge is 2.25. The molecule has 3 heterocycles. The number of rotatable bonds is 1. The summed E-state index contributed by atoms with van der Waals surface area (Å²) in [5, 5.41) is 4.15. The third kappa shape index (κ3) is 1.25. The standard InChI is InChI=1S/C9H12N6/c1-6-2-8(14-3-7(10)4-14)15-9(13-6)11-5-12-15/h2,5,7H,3-4,10H2,1H3. The first-order valence-electron chi connectivity index (χ1n) is 4.92. The fourth-order valence-electron chi connectivity index (χ4n) is 1.84. The molecular formula is C9H12N6. The first kappa shape index (κ1) is 8.60. The highest BCUT2D eigenvalue weighted by Crippen LogP contribution is 2.20. The molecule has 0 radical (unpaired) electrons. The van der Waals surface area contributed by atoms with Crippen LogP contribution in [0, 0.1) is 6.92 Å². The van der Waals surface area contributed by atoms with Gasteiger partial charge in [-0.05, 0) is 6.92 Å². The van der Waals surface area contributed by atoms with Crippen LogP contribution in [0.2, 0.25) is 0 Å². The first-order valence-corrected chi connectivity index (χ1v) is 4.92. The lowest BCUT2D eigenvalue weighted by atomic mass is 10.1. The Bertz CT molecular complexity index is 498. The van der Waals surface area contributed by atoms with Gasteiger partial charge >= 0.3 is 0 Å². The number of anilines is 1.